The molecule has 0 spiro atoms. The number of aryl methyl sites for hydroxylation is 1. The van der Waals surface area contributed by atoms with Gasteiger partial charge in [0.25, 0.3) is 6.43 Å². The van der Waals surface area contributed by atoms with Crippen molar-refractivity contribution in [2.75, 3.05) is 6.54 Å². The van der Waals surface area contributed by atoms with E-state index in [-0.39, 0.29) is 35.3 Å². The van der Waals surface area contributed by atoms with Crippen molar-refractivity contribution in [1.82, 2.24) is 9.29 Å². The number of ketones is 1. The standard InChI is InChI=1S/C25H21F5N2O3S/c26-17-5-8-20(9-6-17)36(34,35)32-14-18(27)11-23(32)24(33)10-7-19-12-21(22(28)13-31-19)15-1-3-16(4-2-15)25(29)30/h1-6,8-9,12-13,18,23,25H,7,10-11,14H2/t18-,23+/m1/s1. The Morgan fingerprint density at radius 2 is 1.72 bits per heavy atom. The van der Waals surface area contributed by atoms with E-state index in [0.717, 1.165) is 34.8 Å². The highest BCUT2D eigenvalue weighted by molar-refractivity contribution is 7.89. The Hall–Kier alpha value is -3.18. The molecule has 2 aromatic carbocycles. The quantitative estimate of drug-likeness (QED) is 0.377. The van der Waals surface area contributed by atoms with Gasteiger partial charge in [0.05, 0.1) is 17.1 Å². The normalized spacial score (nSPS) is 18.6. The second-order valence-corrected chi connectivity index (χ2v) is 10.3. The van der Waals surface area contributed by atoms with Crippen molar-refractivity contribution in [3.05, 3.63) is 83.7 Å². The molecule has 0 N–H and O–H groups in total. The van der Waals surface area contributed by atoms with Gasteiger partial charge in [-0.1, -0.05) is 24.3 Å². The number of Topliss-reactive ketones (excluding diaryl/α,β-unsaturated/α-hetero) is 1. The minimum atomic E-state index is -4.24. The highest BCUT2D eigenvalue weighted by atomic mass is 32.2. The highest BCUT2D eigenvalue weighted by Gasteiger charge is 2.43. The second-order valence-electron chi connectivity index (χ2n) is 8.42. The molecular formula is C25H21F5N2O3S. The van der Waals surface area contributed by atoms with Gasteiger partial charge in [0.15, 0.2) is 5.78 Å². The minimum Gasteiger partial charge on any atom is -0.298 e. The summed E-state index contributed by atoms with van der Waals surface area (Å²) < 4.78 is 94.1. The first kappa shape index (κ1) is 25.9. The lowest BCUT2D eigenvalue weighted by Gasteiger charge is -2.22. The molecule has 0 saturated carbocycles. The SMILES string of the molecule is O=C(CCc1cc(-c2ccc(C(F)F)cc2)c(F)cn1)[C@@H]1C[C@@H](F)CN1S(=O)(=O)c1ccc(F)cc1. The summed E-state index contributed by atoms with van der Waals surface area (Å²) in [6.07, 6.45) is -3.71. The van der Waals surface area contributed by atoms with E-state index in [1.807, 2.05) is 0 Å². The van der Waals surface area contributed by atoms with Crippen LogP contribution in [0, 0.1) is 11.6 Å². The molecule has 36 heavy (non-hydrogen) atoms. The van der Waals surface area contributed by atoms with Crippen LogP contribution in [0.4, 0.5) is 22.0 Å². The van der Waals surface area contributed by atoms with Crippen LogP contribution in [0.2, 0.25) is 0 Å². The average molecular weight is 525 g/mol. The van der Waals surface area contributed by atoms with Gasteiger partial charge in [0.1, 0.15) is 17.8 Å². The van der Waals surface area contributed by atoms with Crippen LogP contribution in [-0.2, 0) is 21.2 Å². The summed E-state index contributed by atoms with van der Waals surface area (Å²) in [6.45, 7) is -0.496. The fraction of sp³-hybridized carbons (Fsp3) is 0.280. The van der Waals surface area contributed by atoms with Crippen LogP contribution < -0.4 is 0 Å². The van der Waals surface area contributed by atoms with E-state index in [0.29, 0.717) is 11.3 Å². The molecule has 5 nitrogen and oxygen atoms in total. The third-order valence-electron chi connectivity index (χ3n) is 6.01. The van der Waals surface area contributed by atoms with E-state index in [4.69, 9.17) is 0 Å². The van der Waals surface area contributed by atoms with Crippen molar-refractivity contribution in [3.63, 3.8) is 0 Å². The number of carbonyl (C=O) groups excluding carboxylic acids is 1. The zero-order valence-corrected chi connectivity index (χ0v) is 19.6. The minimum absolute atomic E-state index is 0.0269. The van der Waals surface area contributed by atoms with Crippen molar-refractivity contribution < 1.29 is 35.2 Å². The summed E-state index contributed by atoms with van der Waals surface area (Å²) in [4.78, 5) is 16.6. The van der Waals surface area contributed by atoms with Crippen molar-refractivity contribution in [2.24, 2.45) is 0 Å². The molecule has 11 heteroatoms. The largest absolute Gasteiger partial charge is 0.298 e. The van der Waals surface area contributed by atoms with E-state index < -0.39 is 52.6 Å². The second kappa shape index (κ2) is 10.4. The first-order valence-electron chi connectivity index (χ1n) is 11.0. The van der Waals surface area contributed by atoms with Crippen molar-refractivity contribution >= 4 is 15.8 Å². The Kier molecular flexibility index (Phi) is 7.51. The third kappa shape index (κ3) is 5.46. The lowest BCUT2D eigenvalue weighted by Crippen LogP contribution is -2.40. The first-order valence-corrected chi connectivity index (χ1v) is 12.5. The number of carbonyl (C=O) groups is 1. The van der Waals surface area contributed by atoms with E-state index in [1.165, 1.54) is 30.3 Å². The molecule has 0 bridgehead atoms. The molecule has 2 atom stereocenters. The third-order valence-corrected chi connectivity index (χ3v) is 7.90. The number of hydrogen-bond acceptors (Lipinski definition) is 4. The number of pyridine rings is 1. The molecule has 1 aliphatic rings. The van der Waals surface area contributed by atoms with Gasteiger partial charge in [0.2, 0.25) is 10.0 Å². The molecule has 1 saturated heterocycles. The topological polar surface area (TPSA) is 67.3 Å². The Labute approximate surface area is 204 Å². The number of aromatic nitrogens is 1. The van der Waals surface area contributed by atoms with E-state index in [2.05, 4.69) is 4.98 Å². The summed E-state index contributed by atoms with van der Waals surface area (Å²) in [5.41, 5.74) is 0.570. The highest BCUT2D eigenvalue weighted by Crippen LogP contribution is 2.30. The van der Waals surface area contributed by atoms with Crippen LogP contribution in [0.15, 0.2) is 65.7 Å². The zero-order valence-electron chi connectivity index (χ0n) is 18.8. The van der Waals surface area contributed by atoms with Crippen molar-refractivity contribution in [3.8, 4) is 11.1 Å². The summed E-state index contributed by atoms with van der Waals surface area (Å²) in [6, 6.07) is 9.26. The van der Waals surface area contributed by atoms with Crippen LogP contribution >= 0.6 is 0 Å². The Bertz CT molecular complexity index is 1350. The molecule has 0 amide bonds. The van der Waals surface area contributed by atoms with Gasteiger partial charge >= 0.3 is 0 Å². The Balaban J connectivity index is 1.49. The Morgan fingerprint density at radius 1 is 1.06 bits per heavy atom. The summed E-state index contributed by atoms with van der Waals surface area (Å²) in [7, 11) is -4.24. The van der Waals surface area contributed by atoms with Crippen LogP contribution in [0.1, 0.15) is 30.5 Å². The molecular weight excluding hydrogens is 503 g/mol. The summed E-state index contributed by atoms with van der Waals surface area (Å²) in [5, 5.41) is 0. The lowest BCUT2D eigenvalue weighted by molar-refractivity contribution is -0.122. The van der Waals surface area contributed by atoms with Crippen molar-refractivity contribution in [2.45, 2.75) is 42.8 Å². The molecule has 190 valence electrons. The Morgan fingerprint density at radius 3 is 2.36 bits per heavy atom. The van der Waals surface area contributed by atoms with Gasteiger partial charge in [0, 0.05) is 36.2 Å². The first-order chi connectivity index (χ1) is 17.1. The van der Waals surface area contributed by atoms with E-state index >= 15 is 0 Å². The summed E-state index contributed by atoms with van der Waals surface area (Å²) >= 11 is 0. The lowest BCUT2D eigenvalue weighted by atomic mass is 10.0. The average Bonchev–Trinajstić information content (AvgIpc) is 3.26. The number of sulfonamides is 1. The zero-order chi connectivity index (χ0) is 26.0. The maximum Gasteiger partial charge on any atom is 0.263 e. The van der Waals surface area contributed by atoms with E-state index in [1.54, 1.807) is 0 Å². The van der Waals surface area contributed by atoms with Gasteiger partial charge in [-0.25, -0.2) is 30.4 Å². The van der Waals surface area contributed by atoms with Crippen LogP contribution in [-0.4, -0.2) is 42.2 Å². The molecule has 3 aromatic rings. The molecule has 4 rings (SSSR count). The molecule has 0 aliphatic carbocycles. The molecule has 1 aromatic heterocycles. The number of alkyl halides is 3. The van der Waals surface area contributed by atoms with Crippen LogP contribution in [0.5, 0.6) is 0 Å². The number of hydrogen-bond donors (Lipinski definition) is 0. The van der Waals surface area contributed by atoms with Gasteiger partial charge in [-0.05, 0) is 42.3 Å². The fourth-order valence-corrected chi connectivity index (χ4v) is 5.77. The maximum atomic E-state index is 14.4. The van der Waals surface area contributed by atoms with Crippen LogP contribution in [0.3, 0.4) is 0 Å². The molecule has 1 fully saturated rings. The van der Waals surface area contributed by atoms with Gasteiger partial charge in [-0.15, -0.1) is 0 Å². The fourth-order valence-electron chi connectivity index (χ4n) is 4.12. The molecule has 1 aliphatic heterocycles. The molecule has 0 unspecified atom stereocenters. The van der Waals surface area contributed by atoms with Gasteiger partial charge < -0.3 is 0 Å². The maximum absolute atomic E-state index is 14.4. The molecule has 2 heterocycles. The van der Waals surface area contributed by atoms with Gasteiger partial charge in [-0.3, -0.25) is 9.78 Å². The monoisotopic (exact) mass is 524 g/mol. The van der Waals surface area contributed by atoms with Gasteiger partial charge in [-0.2, -0.15) is 4.31 Å². The number of rotatable bonds is 8. The smallest absolute Gasteiger partial charge is 0.263 e. The predicted octanol–water partition coefficient (Wildman–Crippen LogP) is 5.27. The molecule has 0 radical (unpaired) electrons. The number of nitrogens with zero attached hydrogens (tertiary/aromatic N) is 2. The van der Waals surface area contributed by atoms with Crippen LogP contribution in [0.25, 0.3) is 11.1 Å². The number of halogens is 5. The number of benzene rings is 2. The van der Waals surface area contributed by atoms with Crippen molar-refractivity contribution in [1.29, 1.82) is 0 Å². The summed E-state index contributed by atoms with van der Waals surface area (Å²) in [5.74, 6) is -1.85. The van der Waals surface area contributed by atoms with E-state index in [9.17, 15) is 35.2 Å². The predicted molar refractivity (Wildman–Crippen MR) is 122 cm³/mol.